The zero-order valence-corrected chi connectivity index (χ0v) is 8.58. The van der Waals surface area contributed by atoms with Gasteiger partial charge in [0, 0.05) is 12.2 Å². The van der Waals surface area contributed by atoms with Crippen molar-refractivity contribution in [1.29, 1.82) is 0 Å². The van der Waals surface area contributed by atoms with Crippen LogP contribution in [0.15, 0.2) is 36.4 Å². The Hall–Kier alpha value is -2.63. The van der Waals surface area contributed by atoms with Gasteiger partial charge in [-0.05, 0) is 12.1 Å². The number of aromatic hydroxyl groups is 1. The summed E-state index contributed by atoms with van der Waals surface area (Å²) >= 11 is 0. The number of para-hydroxylation sites is 1. The third kappa shape index (κ3) is 3.78. The van der Waals surface area contributed by atoms with Crippen molar-refractivity contribution in [2.24, 2.45) is 0 Å². The van der Waals surface area contributed by atoms with Gasteiger partial charge in [0.05, 0.1) is 0 Å². The van der Waals surface area contributed by atoms with E-state index >= 15 is 0 Å². The van der Waals surface area contributed by atoms with Crippen LogP contribution in [0.4, 0.5) is 0 Å². The number of carbonyl (C=O) groups is 3. The minimum absolute atomic E-state index is 0.0671. The molecule has 1 aliphatic rings. The van der Waals surface area contributed by atoms with E-state index in [9.17, 15) is 14.4 Å². The molecule has 0 saturated heterocycles. The summed E-state index contributed by atoms with van der Waals surface area (Å²) in [7, 11) is 0. The lowest BCUT2D eigenvalue weighted by atomic mass is 10.2. The number of carboxylic acid groups (broad SMARTS) is 1. The smallest absolute Gasteiger partial charge is 0.339 e. The predicted molar refractivity (Wildman–Crippen MR) is 57.4 cm³/mol. The van der Waals surface area contributed by atoms with E-state index in [0.29, 0.717) is 0 Å². The highest BCUT2D eigenvalue weighted by Gasteiger charge is 2.07. The van der Waals surface area contributed by atoms with Crippen LogP contribution in [0.5, 0.6) is 5.75 Å². The lowest BCUT2D eigenvalue weighted by molar-refractivity contribution is -0.123. The summed E-state index contributed by atoms with van der Waals surface area (Å²) in [6, 6.07) is 5.81. The molecule has 2 rings (SSSR count). The number of amides is 2. The first kappa shape index (κ1) is 12.4. The Bertz CT molecular complexity index is 476. The van der Waals surface area contributed by atoms with Gasteiger partial charge in [0.1, 0.15) is 11.3 Å². The van der Waals surface area contributed by atoms with Crippen LogP contribution < -0.4 is 5.32 Å². The molecule has 0 atom stereocenters. The number of rotatable bonds is 1. The second kappa shape index (κ2) is 5.45. The van der Waals surface area contributed by atoms with Crippen molar-refractivity contribution in [3.05, 3.63) is 42.0 Å². The minimum atomic E-state index is -1.11. The van der Waals surface area contributed by atoms with Crippen LogP contribution in [0.3, 0.4) is 0 Å². The molecular weight excluding hydrogens is 226 g/mol. The second-order valence-corrected chi connectivity index (χ2v) is 3.01. The topological polar surface area (TPSA) is 104 Å². The van der Waals surface area contributed by atoms with E-state index in [1.54, 1.807) is 12.1 Å². The first-order chi connectivity index (χ1) is 8.00. The quantitative estimate of drug-likeness (QED) is 0.607. The Morgan fingerprint density at radius 1 is 1.06 bits per heavy atom. The van der Waals surface area contributed by atoms with Crippen molar-refractivity contribution in [3.63, 3.8) is 0 Å². The molecule has 0 unspecified atom stereocenters. The van der Waals surface area contributed by atoms with E-state index in [1.165, 1.54) is 24.3 Å². The number of carbonyl (C=O) groups excluding carboxylic acids is 2. The summed E-state index contributed by atoms with van der Waals surface area (Å²) < 4.78 is 0. The molecule has 88 valence electrons. The number of hydrogen-bond acceptors (Lipinski definition) is 4. The number of hydrogen-bond donors (Lipinski definition) is 3. The van der Waals surface area contributed by atoms with Gasteiger partial charge in [-0.1, -0.05) is 12.1 Å². The number of benzene rings is 1. The monoisotopic (exact) mass is 235 g/mol. The lowest BCUT2D eigenvalue weighted by Crippen LogP contribution is -2.19. The van der Waals surface area contributed by atoms with Gasteiger partial charge >= 0.3 is 5.97 Å². The maximum Gasteiger partial charge on any atom is 0.339 e. The number of imide groups is 1. The summed E-state index contributed by atoms with van der Waals surface area (Å²) in [5.41, 5.74) is -0.0671. The highest BCUT2D eigenvalue weighted by Crippen LogP contribution is 2.14. The SMILES string of the molecule is O=C(O)c1ccccc1O.O=C1C=CC(=O)N1. The first-order valence-corrected chi connectivity index (χ1v) is 4.55. The summed E-state index contributed by atoms with van der Waals surface area (Å²) in [6.07, 6.45) is 2.39. The number of carboxylic acids is 1. The Labute approximate surface area is 96.2 Å². The van der Waals surface area contributed by atoms with Gasteiger partial charge in [-0.3, -0.25) is 14.9 Å². The van der Waals surface area contributed by atoms with Crippen molar-refractivity contribution < 1.29 is 24.6 Å². The fourth-order valence-corrected chi connectivity index (χ4v) is 1.01. The maximum absolute atomic E-state index is 10.3. The van der Waals surface area contributed by atoms with E-state index in [4.69, 9.17) is 10.2 Å². The van der Waals surface area contributed by atoms with Crippen LogP contribution in [0.2, 0.25) is 0 Å². The van der Waals surface area contributed by atoms with Crippen LogP contribution in [-0.4, -0.2) is 28.0 Å². The fourth-order valence-electron chi connectivity index (χ4n) is 1.01. The average molecular weight is 235 g/mol. The minimum Gasteiger partial charge on any atom is -0.507 e. The number of phenols is 1. The molecule has 6 nitrogen and oxygen atoms in total. The average Bonchev–Trinajstić information content (AvgIpc) is 2.63. The van der Waals surface area contributed by atoms with E-state index in [-0.39, 0.29) is 23.1 Å². The summed E-state index contributed by atoms with van der Waals surface area (Å²) in [4.78, 5) is 30.3. The molecule has 0 spiro atoms. The van der Waals surface area contributed by atoms with E-state index < -0.39 is 5.97 Å². The highest BCUT2D eigenvalue weighted by atomic mass is 16.4. The van der Waals surface area contributed by atoms with Crippen molar-refractivity contribution in [3.8, 4) is 5.75 Å². The lowest BCUT2D eigenvalue weighted by Gasteiger charge is -1.95. The Morgan fingerprint density at radius 2 is 1.59 bits per heavy atom. The molecule has 0 radical (unpaired) electrons. The Balaban J connectivity index is 0.000000181. The molecule has 0 fully saturated rings. The zero-order chi connectivity index (χ0) is 12.8. The summed E-state index contributed by atoms with van der Waals surface area (Å²) in [6.45, 7) is 0. The molecular formula is C11H9NO5. The molecule has 1 aliphatic heterocycles. The number of aromatic carboxylic acids is 1. The van der Waals surface area contributed by atoms with Crippen molar-refractivity contribution in [1.82, 2.24) is 5.32 Å². The molecule has 6 heteroatoms. The van der Waals surface area contributed by atoms with Crippen LogP contribution in [0.1, 0.15) is 10.4 Å². The van der Waals surface area contributed by atoms with Crippen molar-refractivity contribution in [2.45, 2.75) is 0 Å². The van der Waals surface area contributed by atoms with Crippen molar-refractivity contribution in [2.75, 3.05) is 0 Å². The largest absolute Gasteiger partial charge is 0.507 e. The second-order valence-electron chi connectivity index (χ2n) is 3.01. The van der Waals surface area contributed by atoms with Crippen LogP contribution in [-0.2, 0) is 9.59 Å². The van der Waals surface area contributed by atoms with Crippen LogP contribution >= 0.6 is 0 Å². The van der Waals surface area contributed by atoms with Crippen LogP contribution in [0, 0.1) is 0 Å². The van der Waals surface area contributed by atoms with Gasteiger partial charge in [0.2, 0.25) is 0 Å². The fraction of sp³-hybridized carbons (Fsp3) is 0. The van der Waals surface area contributed by atoms with Gasteiger partial charge in [-0.2, -0.15) is 0 Å². The summed E-state index contributed by atoms with van der Waals surface area (Å²) in [5.74, 6) is -1.97. The van der Waals surface area contributed by atoms with Gasteiger partial charge in [-0.15, -0.1) is 0 Å². The molecule has 1 heterocycles. The number of nitrogens with one attached hydrogen (secondary N) is 1. The van der Waals surface area contributed by atoms with Crippen LogP contribution in [0.25, 0.3) is 0 Å². The highest BCUT2D eigenvalue weighted by molar-refractivity contribution is 6.12. The van der Waals surface area contributed by atoms with Gasteiger partial charge in [-0.25, -0.2) is 4.79 Å². The first-order valence-electron chi connectivity index (χ1n) is 4.55. The molecule has 1 aromatic carbocycles. The Kier molecular flexibility index (Phi) is 3.99. The molecule has 1 aromatic rings. The van der Waals surface area contributed by atoms with E-state index in [2.05, 4.69) is 0 Å². The zero-order valence-electron chi connectivity index (χ0n) is 8.58. The molecule has 2 amide bonds. The molecule has 0 aromatic heterocycles. The standard InChI is InChI=1S/C7H6O3.C4H3NO2/c8-6-4-2-1-3-5(6)7(9)10;6-3-1-2-4(7)5-3/h1-4,8H,(H,9,10);1-2H,(H,5,6,7). The third-order valence-electron chi connectivity index (χ3n) is 1.77. The molecule has 3 N–H and O–H groups in total. The van der Waals surface area contributed by atoms with Crippen molar-refractivity contribution >= 4 is 17.8 Å². The van der Waals surface area contributed by atoms with Gasteiger partial charge in [0.15, 0.2) is 0 Å². The predicted octanol–water partition coefficient (Wildman–Crippen LogP) is 0.289. The molecule has 0 saturated carbocycles. The Morgan fingerprint density at radius 3 is 1.88 bits per heavy atom. The molecule has 0 aliphatic carbocycles. The molecule has 0 bridgehead atoms. The molecule has 17 heavy (non-hydrogen) atoms. The van der Waals surface area contributed by atoms with Gasteiger partial charge < -0.3 is 10.2 Å². The maximum atomic E-state index is 10.3. The normalized spacial score (nSPS) is 12.7. The van der Waals surface area contributed by atoms with Gasteiger partial charge in [0.25, 0.3) is 11.8 Å². The van der Waals surface area contributed by atoms with E-state index in [0.717, 1.165) is 0 Å². The third-order valence-corrected chi connectivity index (χ3v) is 1.77. The van der Waals surface area contributed by atoms with E-state index in [1.807, 2.05) is 5.32 Å². The summed E-state index contributed by atoms with van der Waals surface area (Å²) in [5, 5.41) is 19.3.